The minimum atomic E-state index is -0.422. The molecule has 1 N–H and O–H groups in total. The van der Waals surface area contributed by atoms with E-state index in [0.717, 1.165) is 50.5 Å². The lowest BCUT2D eigenvalue weighted by atomic mass is 9.76. The van der Waals surface area contributed by atoms with Crippen LogP contribution in [0.1, 0.15) is 30.4 Å². The maximum atomic E-state index is 12.7. The van der Waals surface area contributed by atoms with Gasteiger partial charge in [-0.15, -0.1) is 0 Å². The summed E-state index contributed by atoms with van der Waals surface area (Å²) >= 11 is 0. The van der Waals surface area contributed by atoms with Crippen LogP contribution in [-0.2, 0) is 14.3 Å². The lowest BCUT2D eigenvalue weighted by Crippen LogP contribution is -2.46. The van der Waals surface area contributed by atoms with Crippen LogP contribution in [0.15, 0.2) is 18.2 Å². The zero-order valence-electron chi connectivity index (χ0n) is 17.4. The highest BCUT2D eigenvalue weighted by atomic mass is 16.6. The summed E-state index contributed by atoms with van der Waals surface area (Å²) in [5.41, 5.74) is 2.74. The number of cyclic esters (lactones) is 1. The molecule has 1 aromatic carbocycles. The Morgan fingerprint density at radius 1 is 1.14 bits per heavy atom. The minimum absolute atomic E-state index is 0.0449. The number of anilines is 1. The SMILES string of the molecule is Cc1ccc(NC(=O)N2CCC3(CC2)CC(CN2CCOCC2)OC3=O)cc1C. The Morgan fingerprint density at radius 3 is 2.55 bits per heavy atom. The van der Waals surface area contributed by atoms with Gasteiger partial charge in [-0.3, -0.25) is 9.69 Å². The third-order valence-corrected chi connectivity index (χ3v) is 6.66. The number of nitrogens with zero attached hydrogens (tertiary/aromatic N) is 2. The summed E-state index contributed by atoms with van der Waals surface area (Å²) in [6.07, 6.45) is 2.06. The molecule has 7 heteroatoms. The van der Waals surface area contributed by atoms with Crippen LogP contribution in [-0.4, -0.2) is 73.8 Å². The van der Waals surface area contributed by atoms with Crippen molar-refractivity contribution in [1.29, 1.82) is 0 Å². The van der Waals surface area contributed by atoms with Crippen molar-refractivity contribution in [2.24, 2.45) is 5.41 Å². The predicted octanol–water partition coefficient (Wildman–Crippen LogP) is 2.57. The van der Waals surface area contributed by atoms with Gasteiger partial charge in [0.1, 0.15) is 6.10 Å². The van der Waals surface area contributed by atoms with E-state index in [1.165, 1.54) is 5.56 Å². The summed E-state index contributed by atoms with van der Waals surface area (Å²) in [5.74, 6) is -0.0787. The Hall–Kier alpha value is -2.12. The van der Waals surface area contributed by atoms with Gasteiger partial charge in [0.2, 0.25) is 0 Å². The van der Waals surface area contributed by atoms with Crippen molar-refractivity contribution in [2.75, 3.05) is 51.3 Å². The summed E-state index contributed by atoms with van der Waals surface area (Å²) in [6, 6.07) is 5.83. The lowest BCUT2D eigenvalue weighted by Gasteiger charge is -2.36. The molecule has 3 heterocycles. The van der Waals surface area contributed by atoms with Crippen LogP contribution in [0.3, 0.4) is 0 Å². The van der Waals surface area contributed by atoms with Gasteiger partial charge in [0.25, 0.3) is 0 Å². The number of ether oxygens (including phenoxy) is 2. The molecule has 3 saturated heterocycles. The molecule has 0 aliphatic carbocycles. The fraction of sp³-hybridized carbons (Fsp3) is 0.636. The highest BCUT2D eigenvalue weighted by Crippen LogP contribution is 2.43. The van der Waals surface area contributed by atoms with Crippen LogP contribution in [0.5, 0.6) is 0 Å². The monoisotopic (exact) mass is 401 g/mol. The number of likely N-dealkylation sites (tertiary alicyclic amines) is 1. The maximum absolute atomic E-state index is 12.7. The first-order chi connectivity index (χ1) is 13.9. The number of hydrogen-bond acceptors (Lipinski definition) is 5. The number of amides is 2. The number of esters is 1. The third kappa shape index (κ3) is 4.41. The van der Waals surface area contributed by atoms with Crippen LogP contribution < -0.4 is 5.32 Å². The maximum Gasteiger partial charge on any atom is 0.321 e. The highest BCUT2D eigenvalue weighted by Gasteiger charge is 2.51. The van der Waals surface area contributed by atoms with Crippen LogP contribution in [0.4, 0.5) is 10.5 Å². The molecule has 0 radical (unpaired) electrons. The molecule has 1 spiro atoms. The van der Waals surface area contributed by atoms with E-state index in [0.29, 0.717) is 25.9 Å². The molecule has 158 valence electrons. The van der Waals surface area contributed by atoms with Gasteiger partial charge in [-0.25, -0.2) is 4.79 Å². The quantitative estimate of drug-likeness (QED) is 0.789. The van der Waals surface area contributed by atoms with Crippen molar-refractivity contribution in [3.8, 4) is 0 Å². The zero-order valence-corrected chi connectivity index (χ0v) is 17.4. The highest BCUT2D eigenvalue weighted by molar-refractivity contribution is 5.90. The second-order valence-electron chi connectivity index (χ2n) is 8.64. The van der Waals surface area contributed by atoms with E-state index in [2.05, 4.69) is 17.1 Å². The Bertz CT molecular complexity index is 767. The second-order valence-corrected chi connectivity index (χ2v) is 8.64. The Labute approximate surface area is 172 Å². The molecule has 7 nitrogen and oxygen atoms in total. The van der Waals surface area contributed by atoms with E-state index < -0.39 is 5.41 Å². The number of carbonyl (C=O) groups excluding carboxylic acids is 2. The molecular weight excluding hydrogens is 370 g/mol. The number of aryl methyl sites for hydroxylation is 2. The first-order valence-corrected chi connectivity index (χ1v) is 10.6. The Morgan fingerprint density at radius 2 is 1.86 bits per heavy atom. The summed E-state index contributed by atoms with van der Waals surface area (Å²) < 4.78 is 11.1. The lowest BCUT2D eigenvalue weighted by molar-refractivity contribution is -0.151. The third-order valence-electron chi connectivity index (χ3n) is 6.66. The van der Waals surface area contributed by atoms with E-state index in [9.17, 15) is 9.59 Å². The Kier molecular flexibility index (Phi) is 5.79. The standard InChI is InChI=1S/C22H31N3O4/c1-16-3-4-18(13-17(16)2)23-21(27)25-7-5-22(6-8-25)14-19(29-20(22)26)15-24-9-11-28-12-10-24/h3-4,13,19H,5-12,14-15H2,1-2H3,(H,23,27). The predicted molar refractivity (Wildman–Crippen MR) is 110 cm³/mol. The molecule has 1 unspecified atom stereocenters. The first kappa shape index (κ1) is 20.2. The van der Waals surface area contributed by atoms with Crippen molar-refractivity contribution in [3.05, 3.63) is 29.3 Å². The summed E-state index contributed by atoms with van der Waals surface area (Å²) in [4.78, 5) is 29.4. The number of nitrogens with one attached hydrogen (secondary N) is 1. The number of morpholine rings is 1. The van der Waals surface area contributed by atoms with Crippen molar-refractivity contribution in [1.82, 2.24) is 9.80 Å². The molecule has 0 aromatic heterocycles. The summed E-state index contributed by atoms with van der Waals surface area (Å²) in [7, 11) is 0. The van der Waals surface area contributed by atoms with Gasteiger partial charge in [-0.05, 0) is 49.9 Å². The van der Waals surface area contributed by atoms with Gasteiger partial charge in [-0.1, -0.05) is 6.07 Å². The number of urea groups is 1. The average molecular weight is 402 g/mol. The topological polar surface area (TPSA) is 71.1 Å². The van der Waals surface area contributed by atoms with Crippen molar-refractivity contribution in [2.45, 2.75) is 39.2 Å². The molecule has 1 aromatic rings. The molecule has 3 fully saturated rings. The molecule has 1 atom stereocenters. The number of hydrogen-bond donors (Lipinski definition) is 1. The van der Waals surface area contributed by atoms with Gasteiger partial charge in [0.15, 0.2) is 0 Å². The first-order valence-electron chi connectivity index (χ1n) is 10.6. The summed E-state index contributed by atoms with van der Waals surface area (Å²) in [6.45, 7) is 9.32. The van der Waals surface area contributed by atoms with Gasteiger partial charge >= 0.3 is 12.0 Å². The molecule has 29 heavy (non-hydrogen) atoms. The molecule has 3 aliphatic heterocycles. The number of carbonyl (C=O) groups is 2. The smallest absolute Gasteiger partial charge is 0.321 e. The van der Waals surface area contributed by atoms with E-state index in [4.69, 9.17) is 9.47 Å². The van der Waals surface area contributed by atoms with E-state index in [1.54, 1.807) is 0 Å². The number of rotatable bonds is 3. The van der Waals surface area contributed by atoms with Gasteiger partial charge in [-0.2, -0.15) is 0 Å². The van der Waals surface area contributed by atoms with Crippen LogP contribution >= 0.6 is 0 Å². The minimum Gasteiger partial charge on any atom is -0.461 e. The molecule has 4 rings (SSSR count). The van der Waals surface area contributed by atoms with Crippen molar-refractivity contribution in [3.63, 3.8) is 0 Å². The van der Waals surface area contributed by atoms with Gasteiger partial charge in [0, 0.05) is 44.8 Å². The van der Waals surface area contributed by atoms with Gasteiger partial charge < -0.3 is 19.7 Å². The fourth-order valence-electron chi connectivity index (χ4n) is 4.58. The van der Waals surface area contributed by atoms with E-state index in [-0.39, 0.29) is 18.1 Å². The second kappa shape index (κ2) is 8.32. The van der Waals surface area contributed by atoms with Gasteiger partial charge in [0.05, 0.1) is 18.6 Å². The van der Waals surface area contributed by atoms with Crippen LogP contribution in [0, 0.1) is 19.3 Å². The molecule has 2 amide bonds. The number of piperidine rings is 1. The Balaban J connectivity index is 1.30. The van der Waals surface area contributed by atoms with Crippen LogP contribution in [0.2, 0.25) is 0 Å². The van der Waals surface area contributed by atoms with Crippen molar-refractivity contribution < 1.29 is 19.1 Å². The average Bonchev–Trinajstić information content (AvgIpc) is 3.00. The summed E-state index contributed by atoms with van der Waals surface area (Å²) in [5, 5.41) is 2.99. The fourth-order valence-corrected chi connectivity index (χ4v) is 4.58. The number of benzene rings is 1. The normalized spacial score (nSPS) is 24.6. The molecule has 0 bridgehead atoms. The molecular formula is C22H31N3O4. The largest absolute Gasteiger partial charge is 0.461 e. The van der Waals surface area contributed by atoms with E-state index >= 15 is 0 Å². The van der Waals surface area contributed by atoms with Crippen LogP contribution in [0.25, 0.3) is 0 Å². The zero-order chi connectivity index (χ0) is 20.4. The van der Waals surface area contributed by atoms with Crippen molar-refractivity contribution >= 4 is 17.7 Å². The van der Waals surface area contributed by atoms with E-state index in [1.807, 2.05) is 30.0 Å². The molecule has 3 aliphatic rings. The molecule has 0 saturated carbocycles.